The smallest absolute Gasteiger partial charge is 0.338 e. The van der Waals surface area contributed by atoms with Crippen LogP contribution in [0.5, 0.6) is 0 Å². The third-order valence-electron chi connectivity index (χ3n) is 4.02. The number of carbonyl (C=O) groups is 2. The number of rotatable bonds is 7. The summed E-state index contributed by atoms with van der Waals surface area (Å²) >= 11 is 0. The second-order valence-corrected chi connectivity index (χ2v) is 8.52. The molecule has 0 fully saturated rings. The molecule has 0 spiro atoms. The highest BCUT2D eigenvalue weighted by Gasteiger charge is 2.14. The molecule has 0 saturated carbocycles. The van der Waals surface area contributed by atoms with Gasteiger partial charge in [0, 0.05) is 11.9 Å². The van der Waals surface area contributed by atoms with Crippen LogP contribution in [-0.4, -0.2) is 33.2 Å². The quantitative estimate of drug-likeness (QED) is 0.437. The monoisotopic (exact) mass is 437 g/mol. The maximum absolute atomic E-state index is 12.1. The lowest BCUT2D eigenvalue weighted by atomic mass is 10.2. The van der Waals surface area contributed by atoms with Crippen molar-refractivity contribution in [3.05, 3.63) is 84.4 Å². The fourth-order valence-electron chi connectivity index (χ4n) is 2.49. The molecule has 3 rings (SSSR count). The van der Waals surface area contributed by atoms with Crippen molar-refractivity contribution in [2.24, 2.45) is 10.2 Å². The fourth-order valence-corrected chi connectivity index (χ4v) is 3.15. The standard InChI is InChI=1S/C22H19N3O5S/c1-31(28,29)20-9-5-6-16(14-20)22(27)30-15-21(26)23-17-10-12-19(13-11-17)25-24-18-7-3-2-4-8-18/h2-14H,15H2,1H3,(H,23,26). The van der Waals surface area contributed by atoms with Crippen molar-refractivity contribution in [1.82, 2.24) is 0 Å². The summed E-state index contributed by atoms with van der Waals surface area (Å²) in [5, 5.41) is 10.8. The summed E-state index contributed by atoms with van der Waals surface area (Å²) in [6, 6.07) is 21.4. The molecular formula is C22H19N3O5S. The summed E-state index contributed by atoms with van der Waals surface area (Å²) in [5.41, 5.74) is 1.88. The van der Waals surface area contributed by atoms with Gasteiger partial charge < -0.3 is 10.1 Å². The van der Waals surface area contributed by atoms with Gasteiger partial charge >= 0.3 is 5.97 Å². The van der Waals surface area contributed by atoms with Gasteiger partial charge in [-0.05, 0) is 54.6 Å². The van der Waals surface area contributed by atoms with Crippen molar-refractivity contribution in [1.29, 1.82) is 0 Å². The molecule has 158 valence electrons. The lowest BCUT2D eigenvalue weighted by Gasteiger charge is -2.07. The topological polar surface area (TPSA) is 114 Å². The van der Waals surface area contributed by atoms with Gasteiger partial charge in [0.25, 0.3) is 5.91 Å². The molecule has 0 aliphatic rings. The molecule has 1 N–H and O–H groups in total. The number of azo groups is 1. The van der Waals surface area contributed by atoms with E-state index in [2.05, 4.69) is 15.5 Å². The van der Waals surface area contributed by atoms with Crippen LogP contribution in [0.1, 0.15) is 10.4 Å². The number of amides is 1. The van der Waals surface area contributed by atoms with Gasteiger partial charge in [0.2, 0.25) is 0 Å². The Morgan fingerprint density at radius 1 is 0.871 bits per heavy atom. The van der Waals surface area contributed by atoms with E-state index in [0.29, 0.717) is 11.4 Å². The van der Waals surface area contributed by atoms with Crippen LogP contribution < -0.4 is 5.32 Å². The maximum atomic E-state index is 12.1. The van der Waals surface area contributed by atoms with E-state index in [1.54, 1.807) is 24.3 Å². The van der Waals surface area contributed by atoms with E-state index in [4.69, 9.17) is 4.74 Å². The van der Waals surface area contributed by atoms with Crippen LogP contribution in [0.4, 0.5) is 17.1 Å². The van der Waals surface area contributed by atoms with Gasteiger partial charge in [-0.15, -0.1) is 0 Å². The number of sulfone groups is 1. The second kappa shape index (κ2) is 9.77. The van der Waals surface area contributed by atoms with Gasteiger partial charge in [0.05, 0.1) is 21.8 Å². The maximum Gasteiger partial charge on any atom is 0.338 e. The zero-order valence-electron chi connectivity index (χ0n) is 16.6. The molecular weight excluding hydrogens is 418 g/mol. The normalized spacial score (nSPS) is 11.3. The van der Waals surface area contributed by atoms with Crippen LogP contribution in [0, 0.1) is 0 Å². The molecule has 0 radical (unpaired) electrons. The summed E-state index contributed by atoms with van der Waals surface area (Å²) in [7, 11) is -3.46. The first-order valence-corrected chi connectivity index (χ1v) is 11.0. The van der Waals surface area contributed by atoms with E-state index < -0.39 is 28.3 Å². The summed E-state index contributed by atoms with van der Waals surface area (Å²) in [6.45, 7) is -0.516. The van der Waals surface area contributed by atoms with Gasteiger partial charge in [-0.2, -0.15) is 10.2 Å². The number of hydrogen-bond donors (Lipinski definition) is 1. The second-order valence-electron chi connectivity index (χ2n) is 6.51. The number of carbonyl (C=O) groups excluding carboxylic acids is 2. The van der Waals surface area contributed by atoms with Crippen molar-refractivity contribution in [3.8, 4) is 0 Å². The van der Waals surface area contributed by atoms with Gasteiger partial charge in [-0.25, -0.2) is 13.2 Å². The predicted octanol–water partition coefficient (Wildman–Crippen LogP) is 4.30. The van der Waals surface area contributed by atoms with E-state index in [1.807, 2.05) is 30.3 Å². The SMILES string of the molecule is CS(=O)(=O)c1cccc(C(=O)OCC(=O)Nc2ccc(N=Nc3ccccc3)cc2)c1. The van der Waals surface area contributed by atoms with E-state index >= 15 is 0 Å². The van der Waals surface area contributed by atoms with Crippen LogP contribution in [0.15, 0.2) is 94.0 Å². The lowest BCUT2D eigenvalue weighted by molar-refractivity contribution is -0.119. The van der Waals surface area contributed by atoms with Gasteiger partial charge in [-0.3, -0.25) is 4.79 Å². The molecule has 0 bridgehead atoms. The Labute approximate surface area is 179 Å². The first-order chi connectivity index (χ1) is 14.8. The highest BCUT2D eigenvalue weighted by Crippen LogP contribution is 2.20. The average molecular weight is 437 g/mol. The molecule has 0 aromatic heterocycles. The van der Waals surface area contributed by atoms with Crippen LogP contribution in [-0.2, 0) is 19.4 Å². The third kappa shape index (κ3) is 6.58. The summed E-state index contributed by atoms with van der Waals surface area (Å²) in [5.74, 6) is -1.33. The Bertz CT molecular complexity index is 1210. The number of nitrogens with zero attached hydrogens (tertiary/aromatic N) is 2. The summed E-state index contributed by atoms with van der Waals surface area (Å²) < 4.78 is 28.1. The van der Waals surface area contributed by atoms with Gasteiger partial charge in [-0.1, -0.05) is 24.3 Å². The zero-order valence-corrected chi connectivity index (χ0v) is 17.4. The number of ether oxygens (including phenoxy) is 1. The van der Waals surface area contributed by atoms with E-state index in [-0.39, 0.29) is 10.5 Å². The van der Waals surface area contributed by atoms with Gasteiger partial charge in [0.15, 0.2) is 16.4 Å². The van der Waals surface area contributed by atoms with E-state index in [9.17, 15) is 18.0 Å². The van der Waals surface area contributed by atoms with Crippen LogP contribution >= 0.6 is 0 Å². The molecule has 31 heavy (non-hydrogen) atoms. The molecule has 9 heteroatoms. The van der Waals surface area contributed by atoms with Crippen molar-refractivity contribution in [2.45, 2.75) is 4.90 Å². The van der Waals surface area contributed by atoms with Crippen LogP contribution in [0.3, 0.4) is 0 Å². The Kier molecular flexibility index (Phi) is 6.88. The molecule has 0 unspecified atom stereocenters. The Hall–Kier alpha value is -3.85. The number of anilines is 1. The minimum absolute atomic E-state index is 0.00379. The molecule has 0 saturated heterocycles. The number of nitrogens with one attached hydrogen (secondary N) is 1. The summed E-state index contributed by atoms with van der Waals surface area (Å²) in [4.78, 5) is 24.1. The highest BCUT2D eigenvalue weighted by molar-refractivity contribution is 7.90. The van der Waals surface area contributed by atoms with E-state index in [1.165, 1.54) is 24.3 Å². The highest BCUT2D eigenvalue weighted by atomic mass is 32.2. The first-order valence-electron chi connectivity index (χ1n) is 9.15. The molecule has 3 aromatic rings. The number of benzene rings is 3. The Balaban J connectivity index is 1.53. The van der Waals surface area contributed by atoms with Crippen molar-refractivity contribution >= 4 is 38.8 Å². The molecule has 1 amide bonds. The molecule has 0 aliphatic carbocycles. The fraction of sp³-hybridized carbons (Fsp3) is 0.0909. The molecule has 3 aromatic carbocycles. The minimum Gasteiger partial charge on any atom is -0.452 e. The number of hydrogen-bond acceptors (Lipinski definition) is 7. The molecule has 8 nitrogen and oxygen atoms in total. The molecule has 0 atom stereocenters. The average Bonchev–Trinajstić information content (AvgIpc) is 2.77. The third-order valence-corrected chi connectivity index (χ3v) is 5.13. The Morgan fingerprint density at radius 3 is 2.16 bits per heavy atom. The van der Waals surface area contributed by atoms with Crippen LogP contribution in [0.25, 0.3) is 0 Å². The first kappa shape index (κ1) is 21.8. The number of esters is 1. The Morgan fingerprint density at radius 2 is 1.52 bits per heavy atom. The van der Waals surface area contributed by atoms with Crippen molar-refractivity contribution < 1.29 is 22.7 Å². The summed E-state index contributed by atoms with van der Waals surface area (Å²) in [6.07, 6.45) is 1.04. The predicted molar refractivity (Wildman–Crippen MR) is 116 cm³/mol. The zero-order chi connectivity index (χ0) is 22.3. The molecule has 0 heterocycles. The van der Waals surface area contributed by atoms with Crippen LogP contribution in [0.2, 0.25) is 0 Å². The lowest BCUT2D eigenvalue weighted by Crippen LogP contribution is -2.21. The largest absolute Gasteiger partial charge is 0.452 e. The molecule has 0 aliphatic heterocycles. The van der Waals surface area contributed by atoms with Crippen molar-refractivity contribution in [3.63, 3.8) is 0 Å². The van der Waals surface area contributed by atoms with E-state index in [0.717, 1.165) is 11.9 Å². The minimum atomic E-state index is -3.46. The van der Waals surface area contributed by atoms with Gasteiger partial charge in [0.1, 0.15) is 0 Å². The van der Waals surface area contributed by atoms with Crippen molar-refractivity contribution in [2.75, 3.05) is 18.2 Å².